The maximum Gasteiger partial charge on any atom is 0.416 e. The van der Waals surface area contributed by atoms with E-state index in [-0.39, 0.29) is 0 Å². The molecule has 0 heterocycles. The fourth-order valence-corrected chi connectivity index (χ4v) is 1.39. The lowest BCUT2D eigenvalue weighted by molar-refractivity contribution is -0.138. The second-order valence-electron chi connectivity index (χ2n) is 3.39. The number of benzene rings is 1. The fourth-order valence-electron chi connectivity index (χ4n) is 1.39. The molecule has 1 rings (SSSR count). The zero-order valence-corrected chi connectivity index (χ0v) is 9.01. The Balaban J connectivity index is 2.80. The van der Waals surface area contributed by atoms with Gasteiger partial charge in [-0.3, -0.25) is 0 Å². The van der Waals surface area contributed by atoms with Crippen LogP contribution in [0.15, 0.2) is 36.4 Å². The van der Waals surface area contributed by atoms with Crippen LogP contribution in [0.25, 0.3) is 0 Å². The molecule has 1 aromatic carbocycles. The monoisotopic (exact) mass is 229 g/mol. The highest BCUT2D eigenvalue weighted by Gasteiger charge is 2.32. The molecule has 0 saturated carbocycles. The van der Waals surface area contributed by atoms with E-state index in [4.69, 9.17) is 0 Å². The van der Waals surface area contributed by atoms with E-state index >= 15 is 0 Å². The lowest BCUT2D eigenvalue weighted by atomic mass is 10.0. The topological polar surface area (TPSA) is 12.0 Å². The van der Waals surface area contributed by atoms with Gasteiger partial charge in [0, 0.05) is 6.54 Å². The molecule has 0 spiro atoms. The quantitative estimate of drug-likeness (QED) is 0.782. The first-order valence-corrected chi connectivity index (χ1v) is 5.00. The number of rotatable bonds is 4. The van der Waals surface area contributed by atoms with Crippen molar-refractivity contribution in [1.82, 2.24) is 5.32 Å². The van der Waals surface area contributed by atoms with E-state index in [1.54, 1.807) is 19.2 Å². The Morgan fingerprint density at radius 3 is 2.50 bits per heavy atom. The minimum absolute atomic E-state index is 0.303. The summed E-state index contributed by atoms with van der Waals surface area (Å²) in [5.74, 6) is 0. The molecule has 16 heavy (non-hydrogen) atoms. The number of halogens is 3. The first-order valence-electron chi connectivity index (χ1n) is 5.00. The Kier molecular flexibility index (Phi) is 4.55. The van der Waals surface area contributed by atoms with Gasteiger partial charge in [0.2, 0.25) is 0 Å². The van der Waals surface area contributed by atoms with E-state index in [2.05, 4.69) is 5.32 Å². The maximum absolute atomic E-state index is 12.6. The number of hydrogen-bond donors (Lipinski definition) is 1. The van der Waals surface area contributed by atoms with Crippen LogP contribution >= 0.6 is 0 Å². The van der Waals surface area contributed by atoms with Crippen molar-refractivity contribution >= 4 is 0 Å². The first kappa shape index (κ1) is 12.8. The highest BCUT2D eigenvalue weighted by molar-refractivity contribution is 5.31. The summed E-state index contributed by atoms with van der Waals surface area (Å²) in [7, 11) is 1.79. The minimum atomic E-state index is -4.27. The minimum Gasteiger partial charge on any atom is -0.316 e. The van der Waals surface area contributed by atoms with Crippen LogP contribution in [-0.2, 0) is 12.6 Å². The van der Waals surface area contributed by atoms with Gasteiger partial charge in [-0.15, -0.1) is 0 Å². The maximum atomic E-state index is 12.6. The van der Waals surface area contributed by atoms with Crippen molar-refractivity contribution in [3.8, 4) is 0 Å². The second kappa shape index (κ2) is 5.70. The predicted molar refractivity (Wildman–Crippen MR) is 58.2 cm³/mol. The molecule has 0 fully saturated rings. The van der Waals surface area contributed by atoms with Crippen molar-refractivity contribution in [1.29, 1.82) is 0 Å². The molecule has 0 bridgehead atoms. The summed E-state index contributed by atoms with van der Waals surface area (Å²) >= 11 is 0. The van der Waals surface area contributed by atoms with Crippen molar-refractivity contribution in [3.05, 3.63) is 47.5 Å². The summed E-state index contributed by atoms with van der Waals surface area (Å²) in [4.78, 5) is 0. The van der Waals surface area contributed by atoms with Gasteiger partial charge in [-0.05, 0) is 25.1 Å². The van der Waals surface area contributed by atoms with Crippen LogP contribution in [0.5, 0.6) is 0 Å². The van der Waals surface area contributed by atoms with Gasteiger partial charge in [0.05, 0.1) is 5.56 Å². The number of alkyl halides is 3. The van der Waals surface area contributed by atoms with Gasteiger partial charge >= 0.3 is 6.18 Å². The van der Waals surface area contributed by atoms with E-state index in [1.807, 2.05) is 6.08 Å². The molecule has 0 unspecified atom stereocenters. The van der Waals surface area contributed by atoms with Crippen LogP contribution in [0.2, 0.25) is 0 Å². The van der Waals surface area contributed by atoms with E-state index in [0.717, 1.165) is 6.07 Å². The van der Waals surface area contributed by atoms with E-state index < -0.39 is 11.7 Å². The van der Waals surface area contributed by atoms with Gasteiger partial charge in [0.25, 0.3) is 0 Å². The molecule has 1 aromatic rings. The van der Waals surface area contributed by atoms with Gasteiger partial charge in [0.1, 0.15) is 0 Å². The van der Waals surface area contributed by atoms with Crippen LogP contribution in [-0.4, -0.2) is 13.6 Å². The third-order valence-corrected chi connectivity index (χ3v) is 2.15. The zero-order valence-electron chi connectivity index (χ0n) is 9.01. The standard InChI is InChI=1S/C12H14F3N/c1-16-9-5-4-7-10-6-2-3-8-11(10)12(13,14)15/h2-6,8,16H,7,9H2,1H3/b5-4-. The van der Waals surface area contributed by atoms with Crippen LogP contribution in [0.3, 0.4) is 0 Å². The number of likely N-dealkylation sites (N-methyl/N-ethyl adjacent to an activating group) is 1. The molecule has 0 aliphatic carbocycles. The van der Waals surface area contributed by atoms with Crippen molar-refractivity contribution in [3.63, 3.8) is 0 Å². The number of allylic oxidation sites excluding steroid dienone is 1. The Hall–Kier alpha value is -1.29. The summed E-state index contributed by atoms with van der Waals surface area (Å²) in [6.45, 7) is 0.661. The number of nitrogens with one attached hydrogen (secondary N) is 1. The van der Waals surface area contributed by atoms with Crippen molar-refractivity contribution in [2.75, 3.05) is 13.6 Å². The molecule has 4 heteroatoms. The predicted octanol–water partition coefficient (Wildman–Crippen LogP) is 3.02. The van der Waals surface area contributed by atoms with Crippen LogP contribution in [0, 0.1) is 0 Å². The first-order chi connectivity index (χ1) is 7.55. The highest BCUT2D eigenvalue weighted by Crippen LogP contribution is 2.31. The molecule has 1 nitrogen and oxygen atoms in total. The molecule has 1 N–H and O–H groups in total. The van der Waals surface area contributed by atoms with Crippen molar-refractivity contribution in [2.24, 2.45) is 0 Å². The Morgan fingerprint density at radius 2 is 1.88 bits per heavy atom. The molecule has 0 amide bonds. The second-order valence-corrected chi connectivity index (χ2v) is 3.39. The fraction of sp³-hybridized carbons (Fsp3) is 0.333. The molecule has 0 saturated heterocycles. The summed E-state index contributed by atoms with van der Waals surface area (Å²) in [5, 5.41) is 2.89. The van der Waals surface area contributed by atoms with E-state index in [9.17, 15) is 13.2 Å². The smallest absolute Gasteiger partial charge is 0.316 e. The van der Waals surface area contributed by atoms with Crippen LogP contribution < -0.4 is 5.32 Å². The summed E-state index contributed by atoms with van der Waals surface area (Å²) in [6, 6.07) is 5.65. The van der Waals surface area contributed by atoms with Gasteiger partial charge in [-0.2, -0.15) is 13.2 Å². The summed E-state index contributed by atoms with van der Waals surface area (Å²) < 4.78 is 37.8. The molecular weight excluding hydrogens is 215 g/mol. The van der Waals surface area contributed by atoms with Gasteiger partial charge in [-0.1, -0.05) is 30.4 Å². The third kappa shape index (κ3) is 3.70. The molecular formula is C12H14F3N. The van der Waals surface area contributed by atoms with Crippen LogP contribution in [0.4, 0.5) is 13.2 Å². The Labute approximate surface area is 93.0 Å². The van der Waals surface area contributed by atoms with Gasteiger partial charge in [-0.25, -0.2) is 0 Å². The van der Waals surface area contributed by atoms with Gasteiger partial charge in [0.15, 0.2) is 0 Å². The van der Waals surface area contributed by atoms with Crippen molar-refractivity contribution < 1.29 is 13.2 Å². The molecule has 0 aliphatic rings. The molecule has 0 aromatic heterocycles. The molecule has 0 atom stereocenters. The van der Waals surface area contributed by atoms with E-state index in [1.165, 1.54) is 12.1 Å². The average molecular weight is 229 g/mol. The molecule has 0 aliphatic heterocycles. The SMILES string of the molecule is CNC/C=C\Cc1ccccc1C(F)(F)F. The molecule has 88 valence electrons. The lowest BCUT2D eigenvalue weighted by Gasteiger charge is -2.10. The zero-order chi connectivity index (χ0) is 12.0. The Bertz CT molecular complexity index is 356. The highest BCUT2D eigenvalue weighted by atomic mass is 19.4. The lowest BCUT2D eigenvalue weighted by Crippen LogP contribution is -2.08. The Morgan fingerprint density at radius 1 is 1.19 bits per heavy atom. The van der Waals surface area contributed by atoms with E-state index in [0.29, 0.717) is 18.5 Å². The average Bonchev–Trinajstić information content (AvgIpc) is 2.24. The van der Waals surface area contributed by atoms with Gasteiger partial charge < -0.3 is 5.32 Å². The van der Waals surface area contributed by atoms with Crippen molar-refractivity contribution in [2.45, 2.75) is 12.6 Å². The molecule has 0 radical (unpaired) electrons. The number of hydrogen-bond acceptors (Lipinski definition) is 1. The third-order valence-electron chi connectivity index (χ3n) is 2.15. The summed E-state index contributed by atoms with van der Waals surface area (Å²) in [5.41, 5.74) is -0.244. The summed E-state index contributed by atoms with van der Waals surface area (Å²) in [6.07, 6.45) is -0.418. The van der Waals surface area contributed by atoms with Crippen LogP contribution in [0.1, 0.15) is 11.1 Å². The largest absolute Gasteiger partial charge is 0.416 e. The normalized spacial score (nSPS) is 12.2.